The van der Waals surface area contributed by atoms with E-state index in [0.717, 1.165) is 35.8 Å². The van der Waals surface area contributed by atoms with E-state index in [1.165, 1.54) is 6.07 Å². The predicted octanol–water partition coefficient (Wildman–Crippen LogP) is 4.07. The van der Waals surface area contributed by atoms with Crippen LogP contribution in [0.4, 0.5) is 13.2 Å². The summed E-state index contributed by atoms with van der Waals surface area (Å²) in [6.45, 7) is 2.51. The van der Waals surface area contributed by atoms with Gasteiger partial charge in [0.05, 0.1) is 23.9 Å². The number of hydrogen-bond acceptors (Lipinski definition) is 5. The van der Waals surface area contributed by atoms with Gasteiger partial charge in [-0.1, -0.05) is 11.6 Å². The fourth-order valence-electron chi connectivity index (χ4n) is 3.40. The van der Waals surface area contributed by atoms with Crippen LogP contribution >= 0.6 is 11.6 Å². The molecule has 0 bridgehead atoms. The third kappa shape index (κ3) is 4.29. The van der Waals surface area contributed by atoms with Gasteiger partial charge in [0.1, 0.15) is 16.9 Å². The Morgan fingerprint density at radius 2 is 1.91 bits per heavy atom. The zero-order valence-corrected chi connectivity index (χ0v) is 18.4. The summed E-state index contributed by atoms with van der Waals surface area (Å²) in [5.41, 5.74) is -2.87. The molecule has 0 unspecified atom stereocenters. The molecule has 11 heteroatoms. The number of aromatic carboxylic acids is 1. The van der Waals surface area contributed by atoms with Gasteiger partial charge in [0.25, 0.3) is 0 Å². The van der Waals surface area contributed by atoms with Crippen LogP contribution in [0.2, 0.25) is 5.02 Å². The van der Waals surface area contributed by atoms with Gasteiger partial charge in [-0.15, -0.1) is 0 Å². The van der Waals surface area contributed by atoms with Gasteiger partial charge in [-0.05, 0) is 31.5 Å². The van der Waals surface area contributed by atoms with Gasteiger partial charge in [0.2, 0.25) is 0 Å². The van der Waals surface area contributed by atoms with E-state index in [-0.39, 0.29) is 17.3 Å². The van der Waals surface area contributed by atoms with Gasteiger partial charge < -0.3 is 14.6 Å². The molecule has 2 aromatic rings. The molecule has 3 rings (SSSR count). The third-order valence-corrected chi connectivity index (χ3v) is 5.66. The molecule has 0 saturated carbocycles. The van der Waals surface area contributed by atoms with E-state index in [9.17, 15) is 27.9 Å². The number of hydrogen-bond donors (Lipinski definition) is 1. The highest BCUT2D eigenvalue weighted by Crippen LogP contribution is 2.42. The Morgan fingerprint density at radius 3 is 2.50 bits per heavy atom. The highest BCUT2D eigenvalue weighted by atomic mass is 35.5. The number of carboxylic acid groups (broad SMARTS) is 1. The number of rotatable bonds is 7. The molecule has 0 aliphatic carbocycles. The van der Waals surface area contributed by atoms with Crippen molar-refractivity contribution in [3.8, 4) is 17.0 Å². The van der Waals surface area contributed by atoms with E-state index in [4.69, 9.17) is 21.1 Å². The standard InChI is InChI=1S/C21H22ClF3N2O5/c1-20(2,21(23,24)25)27-10-12-7-18(32-6-4-5-31-3)15(22)8-13(12)16-9-17(28)14(19(29)30)11-26(16)27/h7-9,11H,4-6,10H2,1-3H3,(H,29,30). The van der Waals surface area contributed by atoms with Gasteiger partial charge in [-0.2, -0.15) is 13.2 Å². The number of carboxylic acids is 1. The molecular weight excluding hydrogens is 453 g/mol. The summed E-state index contributed by atoms with van der Waals surface area (Å²) in [7, 11) is 1.55. The maximum absolute atomic E-state index is 13.9. The van der Waals surface area contributed by atoms with Gasteiger partial charge in [-0.3, -0.25) is 14.5 Å². The molecule has 7 nitrogen and oxygen atoms in total. The SMILES string of the molecule is COCCCOc1cc2c(cc1Cl)-c1cc(=O)c(C(=O)O)cn1N(C(C)(C)C(F)(F)F)C2. The minimum absolute atomic E-state index is 0.103. The summed E-state index contributed by atoms with van der Waals surface area (Å²) in [5, 5.41) is 10.5. The Morgan fingerprint density at radius 1 is 1.22 bits per heavy atom. The van der Waals surface area contributed by atoms with E-state index < -0.39 is 28.7 Å². The van der Waals surface area contributed by atoms with Crippen molar-refractivity contribution < 1.29 is 32.5 Å². The van der Waals surface area contributed by atoms with Gasteiger partial charge >= 0.3 is 12.1 Å². The first-order valence-electron chi connectivity index (χ1n) is 9.67. The molecule has 0 saturated heterocycles. The van der Waals surface area contributed by atoms with Crippen molar-refractivity contribution in [2.24, 2.45) is 0 Å². The van der Waals surface area contributed by atoms with Gasteiger partial charge in [0.15, 0.2) is 5.43 Å². The zero-order chi connectivity index (χ0) is 23.8. The Labute approximate surface area is 186 Å². The fraction of sp³-hybridized carbons (Fsp3) is 0.429. The minimum atomic E-state index is -4.65. The predicted molar refractivity (Wildman–Crippen MR) is 112 cm³/mol. The van der Waals surface area contributed by atoms with Crippen molar-refractivity contribution in [2.45, 2.75) is 38.5 Å². The number of alkyl halides is 3. The summed E-state index contributed by atoms with van der Waals surface area (Å²) >= 11 is 6.33. The van der Waals surface area contributed by atoms with Crippen molar-refractivity contribution in [3.05, 3.63) is 50.8 Å². The average Bonchev–Trinajstić information content (AvgIpc) is 2.69. The number of benzene rings is 1. The Balaban J connectivity index is 2.17. The quantitative estimate of drug-likeness (QED) is 0.609. The number of fused-ring (bicyclic) bond motifs is 3. The van der Waals surface area contributed by atoms with Crippen LogP contribution in [0.3, 0.4) is 0 Å². The highest BCUT2D eigenvalue weighted by Gasteiger charge is 2.53. The van der Waals surface area contributed by atoms with E-state index in [1.54, 1.807) is 13.2 Å². The Hall–Kier alpha value is -2.72. The summed E-state index contributed by atoms with van der Waals surface area (Å²) in [6, 6.07) is 4.06. The lowest BCUT2D eigenvalue weighted by atomic mass is 9.96. The van der Waals surface area contributed by atoms with Crippen molar-refractivity contribution >= 4 is 17.6 Å². The molecule has 2 heterocycles. The van der Waals surface area contributed by atoms with E-state index in [0.29, 0.717) is 36.5 Å². The van der Waals surface area contributed by atoms with Crippen molar-refractivity contribution in [2.75, 3.05) is 25.3 Å². The smallest absolute Gasteiger partial charge is 0.412 e. The maximum Gasteiger partial charge on any atom is 0.412 e. The second-order valence-electron chi connectivity index (χ2n) is 7.84. The van der Waals surface area contributed by atoms with Crippen LogP contribution in [0.1, 0.15) is 36.2 Å². The second-order valence-corrected chi connectivity index (χ2v) is 8.24. The van der Waals surface area contributed by atoms with Crippen LogP contribution in [-0.2, 0) is 11.3 Å². The first kappa shape index (κ1) is 23.9. The Bertz CT molecular complexity index is 1100. The lowest BCUT2D eigenvalue weighted by Crippen LogP contribution is -2.60. The third-order valence-electron chi connectivity index (χ3n) is 5.37. The first-order valence-corrected chi connectivity index (χ1v) is 10.1. The molecule has 1 aliphatic rings. The number of methoxy groups -OCH3 is 1. The average molecular weight is 475 g/mol. The summed E-state index contributed by atoms with van der Waals surface area (Å²) in [4.78, 5) is 23.8. The largest absolute Gasteiger partial charge is 0.492 e. The molecule has 0 amide bonds. The number of aromatic nitrogens is 1. The molecule has 0 spiro atoms. The zero-order valence-electron chi connectivity index (χ0n) is 17.6. The molecule has 1 aliphatic heterocycles. The second kappa shape index (κ2) is 8.67. The summed E-state index contributed by atoms with van der Waals surface area (Å²) in [5.74, 6) is -1.23. The summed E-state index contributed by atoms with van der Waals surface area (Å²) in [6.07, 6.45) is -3.15. The number of nitrogens with zero attached hydrogens (tertiary/aromatic N) is 2. The van der Waals surface area contributed by atoms with Crippen molar-refractivity contribution in [3.63, 3.8) is 0 Å². The van der Waals surface area contributed by atoms with Crippen LogP contribution in [0.15, 0.2) is 29.2 Å². The van der Waals surface area contributed by atoms with E-state index >= 15 is 0 Å². The summed E-state index contributed by atoms with van der Waals surface area (Å²) < 4.78 is 53.4. The maximum atomic E-state index is 13.9. The lowest BCUT2D eigenvalue weighted by Gasteiger charge is -2.46. The van der Waals surface area contributed by atoms with Crippen LogP contribution in [-0.4, -0.2) is 47.8 Å². The molecular formula is C21H22ClF3N2O5. The normalized spacial score (nSPS) is 13.5. The molecule has 174 valence electrons. The molecule has 1 aromatic carbocycles. The molecule has 0 atom stereocenters. The Kier molecular flexibility index (Phi) is 6.48. The lowest BCUT2D eigenvalue weighted by molar-refractivity contribution is -0.182. The van der Waals surface area contributed by atoms with Crippen LogP contribution in [0.5, 0.6) is 5.75 Å². The molecule has 1 aromatic heterocycles. The number of ether oxygens (including phenoxy) is 2. The van der Waals surface area contributed by atoms with E-state index in [1.807, 2.05) is 0 Å². The topological polar surface area (TPSA) is 81.0 Å². The molecule has 0 radical (unpaired) electrons. The number of carbonyl (C=O) groups is 1. The molecule has 1 N–H and O–H groups in total. The van der Waals surface area contributed by atoms with Crippen molar-refractivity contribution in [1.29, 1.82) is 0 Å². The van der Waals surface area contributed by atoms with Gasteiger partial charge in [0, 0.05) is 38.0 Å². The fourth-order valence-corrected chi connectivity index (χ4v) is 3.61. The van der Waals surface area contributed by atoms with Gasteiger partial charge in [-0.25, -0.2) is 4.79 Å². The molecule has 0 fully saturated rings. The van der Waals surface area contributed by atoms with Crippen LogP contribution < -0.4 is 15.2 Å². The number of halogens is 4. The number of pyridine rings is 1. The molecule has 32 heavy (non-hydrogen) atoms. The highest BCUT2D eigenvalue weighted by molar-refractivity contribution is 6.32. The minimum Gasteiger partial charge on any atom is -0.492 e. The van der Waals surface area contributed by atoms with E-state index in [2.05, 4.69) is 0 Å². The van der Waals surface area contributed by atoms with Crippen LogP contribution in [0, 0.1) is 0 Å². The first-order chi connectivity index (χ1) is 14.9. The monoisotopic (exact) mass is 474 g/mol. The van der Waals surface area contributed by atoms with Crippen molar-refractivity contribution in [1.82, 2.24) is 4.68 Å². The van der Waals surface area contributed by atoms with Crippen LogP contribution in [0.25, 0.3) is 11.3 Å².